The van der Waals surface area contributed by atoms with Crippen molar-refractivity contribution in [2.75, 3.05) is 6.61 Å². The average molecular weight is 176 g/mol. The van der Waals surface area contributed by atoms with Gasteiger partial charge in [0, 0.05) is 0 Å². The third-order valence-electron chi connectivity index (χ3n) is 1.94. The number of aliphatic hydroxyl groups excluding tert-OH is 1. The quantitative estimate of drug-likeness (QED) is 0.748. The molecular weight excluding hydrogens is 160 g/mol. The summed E-state index contributed by atoms with van der Waals surface area (Å²) in [4.78, 5) is 0. The van der Waals surface area contributed by atoms with Gasteiger partial charge in [-0.05, 0) is 17.6 Å². The van der Waals surface area contributed by atoms with Crippen LogP contribution in [0.3, 0.4) is 0 Å². The van der Waals surface area contributed by atoms with Crippen LogP contribution >= 0.6 is 0 Å². The van der Waals surface area contributed by atoms with Gasteiger partial charge >= 0.3 is 0 Å². The molecule has 0 aliphatic rings. The van der Waals surface area contributed by atoms with Crippen LogP contribution in [0.25, 0.3) is 6.08 Å². The first-order valence-corrected chi connectivity index (χ1v) is 4.72. The van der Waals surface area contributed by atoms with Crippen LogP contribution < -0.4 is 0 Å². The van der Waals surface area contributed by atoms with Crippen LogP contribution in [-0.2, 0) is 0 Å². The molecule has 13 heavy (non-hydrogen) atoms. The van der Waals surface area contributed by atoms with E-state index in [2.05, 4.69) is 13.0 Å². The monoisotopic (exact) mass is 176 g/mol. The van der Waals surface area contributed by atoms with Crippen molar-refractivity contribution in [2.45, 2.75) is 19.8 Å². The fourth-order valence-corrected chi connectivity index (χ4v) is 1.30. The maximum absolute atomic E-state index is 9.05. The van der Waals surface area contributed by atoms with Crippen molar-refractivity contribution in [3.05, 3.63) is 41.5 Å². The molecule has 0 aliphatic carbocycles. The number of rotatable bonds is 4. The lowest BCUT2D eigenvalue weighted by Crippen LogP contribution is -1.89. The largest absolute Gasteiger partial charge is 0.392 e. The average Bonchev–Trinajstić information content (AvgIpc) is 2.19. The van der Waals surface area contributed by atoms with Crippen molar-refractivity contribution in [3.63, 3.8) is 0 Å². The van der Waals surface area contributed by atoms with Crippen LogP contribution in [0.15, 0.2) is 35.9 Å². The minimum absolute atomic E-state index is 0.169. The van der Waals surface area contributed by atoms with Crippen LogP contribution in [0.5, 0.6) is 0 Å². The molecule has 0 spiro atoms. The summed E-state index contributed by atoms with van der Waals surface area (Å²) < 4.78 is 0. The van der Waals surface area contributed by atoms with E-state index in [-0.39, 0.29) is 6.61 Å². The van der Waals surface area contributed by atoms with Gasteiger partial charge < -0.3 is 5.11 Å². The maximum atomic E-state index is 9.05. The molecule has 1 aromatic carbocycles. The standard InChI is InChI=1S/C12H16O/c1-2-6-12(10-13)9-11-7-4-3-5-8-11/h3-5,7-9,13H,2,6,10H2,1H3. The number of aliphatic hydroxyl groups is 1. The van der Waals surface area contributed by atoms with Gasteiger partial charge in [-0.15, -0.1) is 0 Å². The molecule has 0 radical (unpaired) electrons. The second-order valence-electron chi connectivity index (χ2n) is 3.12. The third-order valence-corrected chi connectivity index (χ3v) is 1.94. The summed E-state index contributed by atoms with van der Waals surface area (Å²) in [5.41, 5.74) is 2.27. The summed E-state index contributed by atoms with van der Waals surface area (Å²) in [7, 11) is 0. The number of hydrogen-bond acceptors (Lipinski definition) is 1. The molecule has 0 bridgehead atoms. The minimum atomic E-state index is 0.169. The van der Waals surface area contributed by atoms with Crippen LogP contribution in [0.1, 0.15) is 25.3 Å². The van der Waals surface area contributed by atoms with Gasteiger partial charge in [-0.3, -0.25) is 0 Å². The van der Waals surface area contributed by atoms with Gasteiger partial charge in [0.15, 0.2) is 0 Å². The van der Waals surface area contributed by atoms with Crippen molar-refractivity contribution in [3.8, 4) is 0 Å². The van der Waals surface area contributed by atoms with E-state index in [1.807, 2.05) is 30.3 Å². The Labute approximate surface area is 79.7 Å². The highest BCUT2D eigenvalue weighted by Crippen LogP contribution is 2.10. The maximum Gasteiger partial charge on any atom is 0.0645 e. The highest BCUT2D eigenvalue weighted by atomic mass is 16.3. The molecule has 0 heterocycles. The van der Waals surface area contributed by atoms with E-state index in [4.69, 9.17) is 5.11 Å². The van der Waals surface area contributed by atoms with E-state index in [0.29, 0.717) is 0 Å². The predicted molar refractivity (Wildman–Crippen MR) is 56.4 cm³/mol. The van der Waals surface area contributed by atoms with E-state index < -0.39 is 0 Å². The van der Waals surface area contributed by atoms with Crippen molar-refractivity contribution >= 4 is 6.08 Å². The molecule has 1 rings (SSSR count). The highest BCUT2D eigenvalue weighted by molar-refractivity contribution is 5.52. The Morgan fingerprint density at radius 3 is 2.54 bits per heavy atom. The zero-order chi connectivity index (χ0) is 9.52. The lowest BCUT2D eigenvalue weighted by atomic mass is 10.1. The lowest BCUT2D eigenvalue weighted by molar-refractivity contribution is 0.327. The van der Waals surface area contributed by atoms with Crippen molar-refractivity contribution < 1.29 is 5.11 Å². The molecule has 1 heteroatoms. The minimum Gasteiger partial charge on any atom is -0.392 e. The molecule has 0 unspecified atom stereocenters. The van der Waals surface area contributed by atoms with Gasteiger partial charge in [0.05, 0.1) is 6.61 Å². The molecule has 70 valence electrons. The number of benzene rings is 1. The topological polar surface area (TPSA) is 20.2 Å². The molecule has 0 aliphatic heterocycles. The van der Waals surface area contributed by atoms with E-state index in [0.717, 1.165) is 18.4 Å². The van der Waals surface area contributed by atoms with Crippen LogP contribution in [-0.4, -0.2) is 11.7 Å². The third kappa shape index (κ3) is 3.43. The zero-order valence-corrected chi connectivity index (χ0v) is 8.03. The van der Waals surface area contributed by atoms with Gasteiger partial charge in [-0.1, -0.05) is 49.8 Å². The molecule has 1 N–H and O–H groups in total. The first-order valence-electron chi connectivity index (χ1n) is 4.72. The molecular formula is C12H16O. The van der Waals surface area contributed by atoms with Crippen LogP contribution in [0, 0.1) is 0 Å². The molecule has 0 aromatic heterocycles. The molecule has 0 saturated carbocycles. The lowest BCUT2D eigenvalue weighted by Gasteiger charge is -2.01. The van der Waals surface area contributed by atoms with Crippen molar-refractivity contribution in [1.82, 2.24) is 0 Å². The summed E-state index contributed by atoms with van der Waals surface area (Å²) >= 11 is 0. The van der Waals surface area contributed by atoms with E-state index in [1.165, 1.54) is 5.56 Å². The van der Waals surface area contributed by atoms with Crippen LogP contribution in [0.2, 0.25) is 0 Å². The highest BCUT2D eigenvalue weighted by Gasteiger charge is 1.93. The van der Waals surface area contributed by atoms with Gasteiger partial charge in [0.1, 0.15) is 0 Å². The summed E-state index contributed by atoms with van der Waals surface area (Å²) in [6, 6.07) is 10.1. The first-order chi connectivity index (χ1) is 6.36. The van der Waals surface area contributed by atoms with Crippen molar-refractivity contribution in [2.24, 2.45) is 0 Å². The zero-order valence-electron chi connectivity index (χ0n) is 8.03. The van der Waals surface area contributed by atoms with E-state index in [1.54, 1.807) is 0 Å². The first kappa shape index (κ1) is 10.0. The fraction of sp³-hybridized carbons (Fsp3) is 0.333. The molecule has 0 saturated heterocycles. The Morgan fingerprint density at radius 2 is 2.00 bits per heavy atom. The van der Waals surface area contributed by atoms with Gasteiger partial charge in [-0.2, -0.15) is 0 Å². The number of hydrogen-bond donors (Lipinski definition) is 1. The Bertz CT molecular complexity index is 262. The summed E-state index contributed by atoms with van der Waals surface area (Å²) in [6.07, 6.45) is 4.12. The Hall–Kier alpha value is -1.08. The van der Waals surface area contributed by atoms with Crippen molar-refractivity contribution in [1.29, 1.82) is 0 Å². The molecule has 0 fully saturated rings. The van der Waals surface area contributed by atoms with Gasteiger partial charge in [0.25, 0.3) is 0 Å². The van der Waals surface area contributed by atoms with Gasteiger partial charge in [-0.25, -0.2) is 0 Å². The summed E-state index contributed by atoms with van der Waals surface area (Å²) in [5, 5.41) is 9.05. The predicted octanol–water partition coefficient (Wildman–Crippen LogP) is 2.86. The SMILES string of the molecule is CCCC(=Cc1ccccc1)CO. The Kier molecular flexibility index (Phi) is 4.27. The molecule has 0 amide bonds. The van der Waals surface area contributed by atoms with E-state index >= 15 is 0 Å². The Morgan fingerprint density at radius 1 is 1.31 bits per heavy atom. The summed E-state index contributed by atoms with van der Waals surface area (Å²) in [6.45, 7) is 2.29. The normalized spacial score (nSPS) is 11.7. The summed E-state index contributed by atoms with van der Waals surface area (Å²) in [5.74, 6) is 0. The van der Waals surface area contributed by atoms with E-state index in [9.17, 15) is 0 Å². The van der Waals surface area contributed by atoms with Gasteiger partial charge in [0.2, 0.25) is 0 Å². The second kappa shape index (κ2) is 5.55. The molecule has 1 nitrogen and oxygen atoms in total. The smallest absolute Gasteiger partial charge is 0.0645 e. The Balaban J connectivity index is 2.73. The molecule has 1 aromatic rings. The second-order valence-corrected chi connectivity index (χ2v) is 3.12. The molecule has 0 atom stereocenters. The van der Waals surface area contributed by atoms with Crippen LogP contribution in [0.4, 0.5) is 0 Å². The fourth-order valence-electron chi connectivity index (χ4n) is 1.30.